The van der Waals surface area contributed by atoms with Gasteiger partial charge in [0, 0.05) is 40.3 Å². The average Bonchev–Trinajstić information content (AvgIpc) is 3.37. The van der Waals surface area contributed by atoms with Crippen LogP contribution in [0.2, 0.25) is 0 Å². The van der Waals surface area contributed by atoms with Crippen LogP contribution in [0.1, 0.15) is 34.2 Å². The van der Waals surface area contributed by atoms with E-state index >= 15 is 0 Å². The van der Waals surface area contributed by atoms with Gasteiger partial charge in [-0.1, -0.05) is 121 Å². The molecule has 5 aromatic rings. The molecule has 0 saturated carbocycles. The molecule has 200 valence electrons. The zero-order valence-electron chi connectivity index (χ0n) is 23.2. The molecule has 3 aliphatic rings. The van der Waals surface area contributed by atoms with Gasteiger partial charge in [-0.15, -0.1) is 0 Å². The van der Waals surface area contributed by atoms with Crippen LogP contribution in [0.4, 0.5) is 11.4 Å². The molecule has 0 amide bonds. The highest BCUT2D eigenvalue weighted by atomic mass is 14.9. The van der Waals surface area contributed by atoms with Crippen molar-refractivity contribution in [3.8, 4) is 22.3 Å². The molecule has 0 aromatic heterocycles. The molecule has 42 heavy (non-hydrogen) atoms. The molecule has 2 N–H and O–H groups in total. The van der Waals surface area contributed by atoms with Crippen molar-refractivity contribution in [3.05, 3.63) is 174 Å². The maximum Gasteiger partial charge on any atom is 0.0462 e. The first kappa shape index (κ1) is 24.5. The van der Waals surface area contributed by atoms with Gasteiger partial charge in [0.1, 0.15) is 0 Å². The molecule has 2 nitrogen and oxygen atoms in total. The normalized spacial score (nSPS) is 15.5. The highest BCUT2D eigenvalue weighted by Crippen LogP contribution is 2.52. The maximum absolute atomic E-state index is 3.60. The predicted molar refractivity (Wildman–Crippen MR) is 178 cm³/mol. The van der Waals surface area contributed by atoms with E-state index in [9.17, 15) is 0 Å². The van der Waals surface area contributed by atoms with Crippen LogP contribution < -0.4 is 10.6 Å². The van der Waals surface area contributed by atoms with E-state index in [0.717, 1.165) is 17.8 Å². The lowest BCUT2D eigenvalue weighted by atomic mass is 9.65. The van der Waals surface area contributed by atoms with E-state index in [1.54, 1.807) is 0 Å². The molecule has 2 aliphatic heterocycles. The summed E-state index contributed by atoms with van der Waals surface area (Å²) in [5.74, 6) is 0. The number of fused-ring (bicyclic) bond motifs is 6. The fourth-order valence-electron chi connectivity index (χ4n) is 6.88. The molecule has 0 bridgehead atoms. The molecule has 0 saturated heterocycles. The SMILES string of the molecule is C1=Cc2ccccc2-c2c(cccc2C2(c3cccc4c3-c3ccccc3C=CN4)C=CC(c3ccccc3)=CC2)N1. The minimum atomic E-state index is -0.409. The summed E-state index contributed by atoms with van der Waals surface area (Å²) in [4.78, 5) is 0. The second-order valence-electron chi connectivity index (χ2n) is 11.1. The molecule has 2 heterocycles. The number of benzene rings is 5. The molecular formula is C40H30N2. The second-order valence-corrected chi connectivity index (χ2v) is 11.1. The third-order valence-corrected chi connectivity index (χ3v) is 8.85. The van der Waals surface area contributed by atoms with Gasteiger partial charge in [0.15, 0.2) is 0 Å². The Morgan fingerprint density at radius 2 is 1.05 bits per heavy atom. The number of rotatable bonds is 3. The first-order chi connectivity index (χ1) is 20.8. The average molecular weight is 539 g/mol. The van der Waals surface area contributed by atoms with Crippen molar-refractivity contribution < 1.29 is 0 Å². The molecule has 8 rings (SSSR count). The van der Waals surface area contributed by atoms with Gasteiger partial charge < -0.3 is 10.6 Å². The number of hydrogen-bond acceptors (Lipinski definition) is 2. The van der Waals surface area contributed by atoms with Crippen LogP contribution in [0.3, 0.4) is 0 Å². The van der Waals surface area contributed by atoms with Gasteiger partial charge in [-0.05, 0) is 75.2 Å². The van der Waals surface area contributed by atoms with E-state index in [2.05, 4.69) is 169 Å². The fraction of sp³-hybridized carbons (Fsp3) is 0.0500. The lowest BCUT2D eigenvalue weighted by Gasteiger charge is -2.38. The van der Waals surface area contributed by atoms with E-state index in [4.69, 9.17) is 0 Å². The highest BCUT2D eigenvalue weighted by molar-refractivity contribution is 5.94. The number of anilines is 2. The third-order valence-electron chi connectivity index (χ3n) is 8.85. The molecule has 0 unspecified atom stereocenters. The van der Waals surface area contributed by atoms with Gasteiger partial charge in [0.05, 0.1) is 0 Å². The smallest absolute Gasteiger partial charge is 0.0462 e. The van der Waals surface area contributed by atoms with E-state index in [-0.39, 0.29) is 0 Å². The van der Waals surface area contributed by atoms with Crippen molar-refractivity contribution in [2.75, 3.05) is 10.6 Å². The van der Waals surface area contributed by atoms with Crippen molar-refractivity contribution in [3.63, 3.8) is 0 Å². The van der Waals surface area contributed by atoms with Crippen LogP contribution in [0.5, 0.6) is 0 Å². The topological polar surface area (TPSA) is 24.1 Å². The summed E-state index contributed by atoms with van der Waals surface area (Å²) in [6.45, 7) is 0. The maximum atomic E-state index is 3.60. The van der Waals surface area contributed by atoms with Gasteiger partial charge in [-0.2, -0.15) is 0 Å². The predicted octanol–water partition coefficient (Wildman–Crippen LogP) is 10.1. The lowest BCUT2D eigenvalue weighted by Crippen LogP contribution is -2.28. The summed E-state index contributed by atoms with van der Waals surface area (Å²) in [6, 6.07) is 41.6. The van der Waals surface area contributed by atoms with E-state index in [1.165, 1.54) is 55.6 Å². The standard InChI is InChI=1S/C40H30N2/c1-2-10-28(11-3-1)29-20-24-40(25-21-29,34-16-8-18-36-38(34)32-14-6-4-12-30(32)22-26-41-36)35-17-9-19-37-39(35)33-15-7-5-13-31(33)23-27-42-37/h1-24,26-27,41-42H,25H2. The summed E-state index contributed by atoms with van der Waals surface area (Å²) in [6.07, 6.45) is 16.5. The van der Waals surface area contributed by atoms with Gasteiger partial charge in [0.2, 0.25) is 0 Å². The molecule has 0 radical (unpaired) electrons. The Morgan fingerprint density at radius 1 is 0.500 bits per heavy atom. The Kier molecular flexibility index (Phi) is 5.79. The highest BCUT2D eigenvalue weighted by Gasteiger charge is 2.39. The molecular weight excluding hydrogens is 508 g/mol. The second kappa shape index (κ2) is 9.94. The third kappa shape index (κ3) is 3.88. The summed E-state index contributed by atoms with van der Waals surface area (Å²) in [5.41, 5.74) is 14.4. The summed E-state index contributed by atoms with van der Waals surface area (Å²) < 4.78 is 0. The molecule has 2 heteroatoms. The van der Waals surface area contributed by atoms with E-state index in [1.807, 2.05) is 0 Å². The van der Waals surface area contributed by atoms with Crippen molar-refractivity contribution in [1.82, 2.24) is 0 Å². The van der Waals surface area contributed by atoms with Gasteiger partial charge in [0.25, 0.3) is 0 Å². The number of hydrogen-bond donors (Lipinski definition) is 2. The largest absolute Gasteiger partial charge is 0.361 e. The summed E-state index contributed by atoms with van der Waals surface area (Å²) in [5, 5.41) is 7.20. The van der Waals surface area contributed by atoms with Crippen LogP contribution >= 0.6 is 0 Å². The lowest BCUT2D eigenvalue weighted by molar-refractivity contribution is 0.653. The molecule has 0 atom stereocenters. The molecule has 0 spiro atoms. The zero-order valence-corrected chi connectivity index (χ0v) is 23.2. The van der Waals surface area contributed by atoms with Gasteiger partial charge in [-0.25, -0.2) is 0 Å². The van der Waals surface area contributed by atoms with Crippen molar-refractivity contribution in [2.45, 2.75) is 11.8 Å². The minimum absolute atomic E-state index is 0.409. The van der Waals surface area contributed by atoms with Crippen LogP contribution in [0.25, 0.3) is 40.0 Å². The first-order valence-corrected chi connectivity index (χ1v) is 14.6. The Labute approximate surface area is 247 Å². The molecule has 5 aromatic carbocycles. The van der Waals surface area contributed by atoms with E-state index in [0.29, 0.717) is 0 Å². The summed E-state index contributed by atoms with van der Waals surface area (Å²) >= 11 is 0. The monoisotopic (exact) mass is 538 g/mol. The fourth-order valence-corrected chi connectivity index (χ4v) is 6.88. The van der Waals surface area contributed by atoms with E-state index < -0.39 is 5.41 Å². The number of nitrogens with one attached hydrogen (secondary N) is 2. The van der Waals surface area contributed by atoms with Crippen LogP contribution in [-0.4, -0.2) is 0 Å². The number of allylic oxidation sites excluding steroid dienone is 4. The van der Waals surface area contributed by atoms with Gasteiger partial charge >= 0.3 is 0 Å². The van der Waals surface area contributed by atoms with Gasteiger partial charge in [-0.3, -0.25) is 0 Å². The van der Waals surface area contributed by atoms with Crippen LogP contribution in [0.15, 0.2) is 146 Å². The molecule has 0 fully saturated rings. The first-order valence-electron chi connectivity index (χ1n) is 14.6. The quantitative estimate of drug-likeness (QED) is 0.239. The van der Waals surface area contributed by atoms with Crippen LogP contribution in [-0.2, 0) is 5.41 Å². The van der Waals surface area contributed by atoms with Crippen molar-refractivity contribution in [1.29, 1.82) is 0 Å². The van der Waals surface area contributed by atoms with Crippen LogP contribution in [0, 0.1) is 0 Å². The minimum Gasteiger partial charge on any atom is -0.361 e. The Hall–Kier alpha value is -5.34. The molecule has 1 aliphatic carbocycles. The summed E-state index contributed by atoms with van der Waals surface area (Å²) in [7, 11) is 0. The van der Waals surface area contributed by atoms with Crippen molar-refractivity contribution >= 4 is 29.1 Å². The Balaban J connectivity index is 1.43. The Morgan fingerprint density at radius 3 is 1.60 bits per heavy atom. The zero-order chi connectivity index (χ0) is 27.9. The Bertz CT molecular complexity index is 1850. The van der Waals surface area contributed by atoms with Crippen molar-refractivity contribution in [2.24, 2.45) is 0 Å².